The van der Waals surface area contributed by atoms with Gasteiger partial charge in [-0.1, -0.05) is 28.1 Å². The van der Waals surface area contributed by atoms with Crippen LogP contribution in [0.25, 0.3) is 22.2 Å². The Balaban J connectivity index is 2.42. The number of hydrogen-bond donors (Lipinski definition) is 2. The number of pyridine rings is 1. The van der Waals surface area contributed by atoms with Crippen LogP contribution >= 0.6 is 15.9 Å². The van der Waals surface area contributed by atoms with Crippen LogP contribution in [0.4, 0.5) is 0 Å². The van der Waals surface area contributed by atoms with Crippen LogP contribution in [0.15, 0.2) is 51.7 Å². The minimum absolute atomic E-state index is 0.0597. The molecule has 0 spiro atoms. The Bertz CT molecular complexity index is 1050. The molecule has 0 radical (unpaired) electrons. The van der Waals surface area contributed by atoms with E-state index in [9.17, 15) is 19.8 Å². The van der Waals surface area contributed by atoms with E-state index in [0.29, 0.717) is 15.4 Å². The van der Waals surface area contributed by atoms with E-state index in [0.717, 1.165) is 5.56 Å². The van der Waals surface area contributed by atoms with E-state index in [1.165, 1.54) is 24.3 Å². The second kappa shape index (κ2) is 6.05. The lowest BCUT2D eigenvalue weighted by Crippen LogP contribution is -2.01. The molecule has 0 amide bonds. The molecule has 0 aliphatic rings. The molecule has 3 rings (SSSR count). The van der Waals surface area contributed by atoms with Crippen LogP contribution in [0.1, 0.15) is 15.9 Å². The molecule has 2 N–H and O–H groups in total. The summed E-state index contributed by atoms with van der Waals surface area (Å²) in [7, 11) is 0. The summed E-state index contributed by atoms with van der Waals surface area (Å²) < 4.78 is 0.568. The minimum Gasteiger partial charge on any atom is -0.504 e. The summed E-state index contributed by atoms with van der Waals surface area (Å²) in [5, 5.41) is 20.2. The summed E-state index contributed by atoms with van der Waals surface area (Å²) in [4.78, 5) is 27.9. The SMILES string of the molecule is Cc1ccc2c(C(=O)O)cc(-c3cc(Br)ccc(=O)c3O)nc2c1. The number of aromatic hydroxyl groups is 1. The molecule has 0 aliphatic heterocycles. The van der Waals surface area contributed by atoms with Crippen molar-refractivity contribution in [3.05, 3.63) is 68.3 Å². The number of fused-ring (bicyclic) bond motifs is 1. The van der Waals surface area contributed by atoms with Gasteiger partial charge in [0.15, 0.2) is 5.75 Å². The molecule has 0 fully saturated rings. The zero-order chi connectivity index (χ0) is 17.4. The average Bonchev–Trinajstić information content (AvgIpc) is 2.66. The molecule has 120 valence electrons. The van der Waals surface area contributed by atoms with Gasteiger partial charge in [0, 0.05) is 15.4 Å². The number of benzene rings is 1. The van der Waals surface area contributed by atoms with Crippen molar-refractivity contribution in [1.29, 1.82) is 0 Å². The third-order valence-corrected chi connectivity index (χ3v) is 4.13. The quantitative estimate of drug-likeness (QED) is 0.701. The van der Waals surface area contributed by atoms with Crippen molar-refractivity contribution < 1.29 is 15.0 Å². The number of carboxylic acid groups (broad SMARTS) is 1. The van der Waals surface area contributed by atoms with Crippen molar-refractivity contribution >= 4 is 32.8 Å². The van der Waals surface area contributed by atoms with E-state index in [1.54, 1.807) is 12.1 Å². The van der Waals surface area contributed by atoms with Crippen LogP contribution in [-0.2, 0) is 0 Å². The zero-order valence-electron chi connectivity index (χ0n) is 12.6. The van der Waals surface area contributed by atoms with E-state index in [2.05, 4.69) is 20.9 Å². The fourth-order valence-electron chi connectivity index (χ4n) is 2.47. The maximum atomic E-state index is 11.9. The Hall–Kier alpha value is -2.73. The van der Waals surface area contributed by atoms with E-state index < -0.39 is 17.1 Å². The lowest BCUT2D eigenvalue weighted by molar-refractivity contribution is 0.0699. The number of carboxylic acids is 1. The minimum atomic E-state index is -1.10. The van der Waals surface area contributed by atoms with Gasteiger partial charge >= 0.3 is 5.97 Å². The number of nitrogens with zero attached hydrogens (tertiary/aromatic N) is 1. The van der Waals surface area contributed by atoms with Crippen LogP contribution in [0, 0.1) is 6.92 Å². The molecule has 0 bridgehead atoms. The van der Waals surface area contributed by atoms with Crippen LogP contribution in [0.3, 0.4) is 0 Å². The Morgan fingerprint density at radius 2 is 1.88 bits per heavy atom. The fourth-order valence-corrected chi connectivity index (χ4v) is 2.83. The Labute approximate surface area is 145 Å². The van der Waals surface area contributed by atoms with Gasteiger partial charge in [0.05, 0.1) is 16.8 Å². The second-order valence-electron chi connectivity index (χ2n) is 5.37. The normalized spacial score (nSPS) is 10.8. The topological polar surface area (TPSA) is 87.5 Å². The average molecular weight is 386 g/mol. The highest BCUT2D eigenvalue weighted by atomic mass is 79.9. The summed E-state index contributed by atoms with van der Waals surface area (Å²) in [6.07, 6.45) is 0. The first kappa shape index (κ1) is 16.1. The fraction of sp³-hybridized carbons (Fsp3) is 0.0556. The third-order valence-electron chi connectivity index (χ3n) is 3.64. The van der Waals surface area contributed by atoms with Gasteiger partial charge in [-0.25, -0.2) is 9.78 Å². The van der Waals surface area contributed by atoms with Gasteiger partial charge in [0.1, 0.15) is 0 Å². The highest BCUT2D eigenvalue weighted by Crippen LogP contribution is 2.30. The molecular formula is C18H12BrNO4. The molecule has 0 saturated carbocycles. The molecule has 2 aromatic carbocycles. The van der Waals surface area contributed by atoms with Gasteiger partial charge in [-0.2, -0.15) is 0 Å². The first-order chi connectivity index (χ1) is 11.4. The van der Waals surface area contributed by atoms with E-state index in [-0.39, 0.29) is 16.8 Å². The smallest absolute Gasteiger partial charge is 0.336 e. The third kappa shape index (κ3) is 2.88. The monoisotopic (exact) mass is 385 g/mol. The highest BCUT2D eigenvalue weighted by molar-refractivity contribution is 9.10. The molecule has 0 saturated heterocycles. The lowest BCUT2D eigenvalue weighted by atomic mass is 10.0. The predicted molar refractivity (Wildman–Crippen MR) is 94.5 cm³/mol. The van der Waals surface area contributed by atoms with Crippen LogP contribution in [-0.4, -0.2) is 21.2 Å². The maximum Gasteiger partial charge on any atom is 0.336 e. The number of aromatic nitrogens is 1. The van der Waals surface area contributed by atoms with Gasteiger partial charge < -0.3 is 10.2 Å². The Kier molecular flexibility index (Phi) is 4.07. The molecule has 3 aromatic rings. The van der Waals surface area contributed by atoms with Crippen LogP contribution in [0.5, 0.6) is 5.75 Å². The Morgan fingerprint density at radius 3 is 2.58 bits per heavy atom. The number of hydrogen-bond acceptors (Lipinski definition) is 4. The van der Waals surface area contributed by atoms with Crippen molar-refractivity contribution in [2.75, 3.05) is 0 Å². The number of carbonyl (C=O) groups is 1. The van der Waals surface area contributed by atoms with E-state index >= 15 is 0 Å². The predicted octanol–water partition coefficient (Wildman–Crippen LogP) is 3.74. The van der Waals surface area contributed by atoms with Crippen molar-refractivity contribution in [1.82, 2.24) is 4.98 Å². The summed E-state index contributed by atoms with van der Waals surface area (Å²) in [6, 6.07) is 10.9. The summed E-state index contributed by atoms with van der Waals surface area (Å²) >= 11 is 3.27. The van der Waals surface area contributed by atoms with Gasteiger partial charge in [-0.3, -0.25) is 4.79 Å². The molecule has 0 aliphatic carbocycles. The van der Waals surface area contributed by atoms with Gasteiger partial charge in [0.25, 0.3) is 0 Å². The second-order valence-corrected chi connectivity index (χ2v) is 6.29. The molecule has 24 heavy (non-hydrogen) atoms. The van der Waals surface area contributed by atoms with E-state index in [1.807, 2.05) is 13.0 Å². The van der Waals surface area contributed by atoms with Crippen molar-refractivity contribution in [2.45, 2.75) is 6.92 Å². The molecule has 0 atom stereocenters. The molecule has 1 heterocycles. The zero-order valence-corrected chi connectivity index (χ0v) is 14.2. The largest absolute Gasteiger partial charge is 0.504 e. The maximum absolute atomic E-state index is 11.9. The summed E-state index contributed by atoms with van der Waals surface area (Å²) in [5.74, 6) is -1.58. The summed E-state index contributed by atoms with van der Waals surface area (Å²) in [6.45, 7) is 1.88. The molecular weight excluding hydrogens is 374 g/mol. The first-order valence-corrected chi connectivity index (χ1v) is 7.84. The van der Waals surface area contributed by atoms with Gasteiger partial charge in [-0.05, 0) is 42.8 Å². The molecule has 6 heteroatoms. The molecule has 5 nitrogen and oxygen atoms in total. The highest BCUT2D eigenvalue weighted by Gasteiger charge is 2.16. The van der Waals surface area contributed by atoms with Crippen LogP contribution in [0.2, 0.25) is 0 Å². The number of aryl methyl sites for hydroxylation is 1. The van der Waals surface area contributed by atoms with Gasteiger partial charge in [-0.15, -0.1) is 0 Å². The molecule has 0 unspecified atom stereocenters. The number of aromatic carboxylic acids is 1. The molecule has 1 aromatic heterocycles. The standard InChI is InChI=1S/C18H12BrNO4/c1-9-2-4-11-12(18(23)24)8-15(20-14(11)6-9)13-7-10(19)3-5-16(21)17(13)22/h2-8H,1H3,(H,21,22)(H,23,24). The number of halogens is 1. The van der Waals surface area contributed by atoms with Crippen LogP contribution < -0.4 is 5.43 Å². The summed E-state index contributed by atoms with van der Waals surface area (Å²) in [5.41, 5.74) is 1.29. The number of rotatable bonds is 2. The van der Waals surface area contributed by atoms with Crippen molar-refractivity contribution in [3.8, 4) is 17.0 Å². The van der Waals surface area contributed by atoms with E-state index in [4.69, 9.17) is 0 Å². The first-order valence-electron chi connectivity index (χ1n) is 7.05. The van der Waals surface area contributed by atoms with Crippen molar-refractivity contribution in [3.63, 3.8) is 0 Å². The Morgan fingerprint density at radius 1 is 1.12 bits per heavy atom. The van der Waals surface area contributed by atoms with Crippen molar-refractivity contribution in [2.24, 2.45) is 0 Å². The lowest BCUT2D eigenvalue weighted by Gasteiger charge is -2.08. The van der Waals surface area contributed by atoms with Gasteiger partial charge in [0.2, 0.25) is 5.43 Å².